The van der Waals surface area contributed by atoms with Crippen molar-refractivity contribution in [2.45, 2.75) is 38.3 Å². The number of aryl methyl sites for hydroxylation is 2. The molecule has 0 aromatic carbocycles. The first kappa shape index (κ1) is 16.4. The second kappa shape index (κ2) is 6.71. The van der Waals surface area contributed by atoms with E-state index in [-0.39, 0.29) is 23.8 Å². The zero-order chi connectivity index (χ0) is 15.3. The highest BCUT2D eigenvalue weighted by molar-refractivity contribution is 7.89. The summed E-state index contributed by atoms with van der Waals surface area (Å²) in [5.74, 6) is 0.648. The van der Waals surface area contributed by atoms with Gasteiger partial charge in [0.15, 0.2) is 5.03 Å². The fraction of sp³-hybridized carbons (Fsp3) is 0.636. The first-order chi connectivity index (χ1) is 9.32. The van der Waals surface area contributed by atoms with E-state index < -0.39 is 10.0 Å². The minimum Gasteiger partial charge on any atom is -0.409 e. The van der Waals surface area contributed by atoms with E-state index in [0.717, 1.165) is 17.3 Å². The van der Waals surface area contributed by atoms with E-state index in [9.17, 15) is 8.42 Å². The molecule has 1 heterocycles. The number of imidazole rings is 1. The first-order valence-electron chi connectivity index (χ1n) is 6.29. The normalized spacial score (nSPS) is 13.1. The van der Waals surface area contributed by atoms with Crippen LogP contribution < -0.4 is 5.73 Å². The highest BCUT2D eigenvalue weighted by Crippen LogP contribution is 2.14. The van der Waals surface area contributed by atoms with Crippen LogP contribution in [0.15, 0.2) is 16.4 Å². The summed E-state index contributed by atoms with van der Waals surface area (Å²) in [4.78, 5) is 4.09. The highest BCUT2D eigenvalue weighted by atomic mass is 32.2. The van der Waals surface area contributed by atoms with Gasteiger partial charge in [0.25, 0.3) is 10.0 Å². The van der Waals surface area contributed by atoms with E-state index in [1.165, 1.54) is 13.2 Å². The molecule has 0 saturated heterocycles. The summed E-state index contributed by atoms with van der Waals surface area (Å²) in [7, 11) is -2.21. The van der Waals surface area contributed by atoms with Crippen molar-refractivity contribution in [3.8, 4) is 0 Å². The lowest BCUT2D eigenvalue weighted by Gasteiger charge is -2.14. The van der Waals surface area contributed by atoms with Crippen LogP contribution in [0.1, 0.15) is 25.6 Å². The lowest BCUT2D eigenvalue weighted by Crippen LogP contribution is -2.30. The van der Waals surface area contributed by atoms with Gasteiger partial charge in [-0.15, -0.1) is 0 Å². The first-order valence-corrected chi connectivity index (χ1v) is 7.73. The minimum atomic E-state index is -3.65. The molecule has 114 valence electrons. The molecule has 0 amide bonds. The summed E-state index contributed by atoms with van der Waals surface area (Å²) in [6.45, 7) is 4.63. The van der Waals surface area contributed by atoms with E-state index in [1.54, 1.807) is 6.92 Å². The predicted octanol–water partition coefficient (Wildman–Crippen LogP) is 0.359. The van der Waals surface area contributed by atoms with Crippen LogP contribution in [0.2, 0.25) is 0 Å². The van der Waals surface area contributed by atoms with Crippen molar-refractivity contribution in [1.29, 1.82) is 0 Å². The molecule has 0 aliphatic carbocycles. The van der Waals surface area contributed by atoms with Gasteiger partial charge in [0.2, 0.25) is 0 Å². The van der Waals surface area contributed by atoms with Gasteiger partial charge in [-0.2, -0.15) is 4.31 Å². The van der Waals surface area contributed by atoms with Gasteiger partial charge >= 0.3 is 0 Å². The number of oxime groups is 1. The van der Waals surface area contributed by atoms with Gasteiger partial charge in [-0.1, -0.05) is 12.1 Å². The Hall–Kier alpha value is -1.61. The molecule has 9 heteroatoms. The second-order valence-corrected chi connectivity index (χ2v) is 6.48. The van der Waals surface area contributed by atoms with E-state index in [2.05, 4.69) is 10.1 Å². The summed E-state index contributed by atoms with van der Waals surface area (Å²) < 4.78 is 27.6. The minimum absolute atomic E-state index is 0.0141. The summed E-state index contributed by atoms with van der Waals surface area (Å²) in [6.07, 6.45) is 2.59. The Morgan fingerprint density at radius 3 is 2.80 bits per heavy atom. The molecule has 1 aromatic heterocycles. The molecule has 0 unspecified atom stereocenters. The van der Waals surface area contributed by atoms with Crippen molar-refractivity contribution < 1.29 is 13.6 Å². The van der Waals surface area contributed by atoms with Crippen molar-refractivity contribution in [1.82, 2.24) is 13.9 Å². The molecule has 0 aliphatic heterocycles. The summed E-state index contributed by atoms with van der Waals surface area (Å²) >= 11 is 0. The number of sulfonamides is 1. The molecule has 8 nitrogen and oxygen atoms in total. The van der Waals surface area contributed by atoms with Crippen molar-refractivity contribution in [3.05, 3.63) is 12.0 Å². The number of hydrogen-bond donors (Lipinski definition) is 2. The number of rotatable bonds is 7. The van der Waals surface area contributed by atoms with Gasteiger partial charge in [0.1, 0.15) is 11.7 Å². The van der Waals surface area contributed by atoms with E-state index >= 15 is 0 Å². The van der Waals surface area contributed by atoms with Gasteiger partial charge in [-0.05, 0) is 13.3 Å². The maximum absolute atomic E-state index is 12.3. The van der Waals surface area contributed by atoms with Crippen molar-refractivity contribution in [2.24, 2.45) is 10.9 Å². The Bertz CT molecular complexity index is 579. The predicted molar refractivity (Wildman–Crippen MR) is 75.1 cm³/mol. The molecule has 3 N–H and O–H groups in total. The maximum Gasteiger partial charge on any atom is 0.261 e. The van der Waals surface area contributed by atoms with Gasteiger partial charge < -0.3 is 15.5 Å². The Labute approximate surface area is 118 Å². The van der Waals surface area contributed by atoms with Gasteiger partial charge in [-0.3, -0.25) is 0 Å². The average molecular weight is 303 g/mol. The monoisotopic (exact) mass is 303 g/mol. The summed E-state index contributed by atoms with van der Waals surface area (Å²) in [5.41, 5.74) is 5.33. The van der Waals surface area contributed by atoms with Crippen molar-refractivity contribution in [3.63, 3.8) is 0 Å². The molecule has 0 saturated carbocycles. The van der Waals surface area contributed by atoms with Crippen LogP contribution in [0.3, 0.4) is 0 Å². The molecule has 20 heavy (non-hydrogen) atoms. The van der Waals surface area contributed by atoms with Gasteiger partial charge in [0.05, 0.1) is 0 Å². The quantitative estimate of drug-likeness (QED) is 0.327. The molecule has 0 bridgehead atoms. The fourth-order valence-corrected chi connectivity index (χ4v) is 2.83. The SMILES string of the molecule is CCCn1cc(S(=O)(=O)N(C)CCC(N)=NO)nc1C. The van der Waals surface area contributed by atoms with Crippen LogP contribution in [0, 0.1) is 6.92 Å². The number of nitrogens with zero attached hydrogens (tertiary/aromatic N) is 4. The zero-order valence-corrected chi connectivity index (χ0v) is 12.8. The smallest absolute Gasteiger partial charge is 0.261 e. The van der Waals surface area contributed by atoms with Crippen LogP contribution in [-0.4, -0.2) is 46.9 Å². The van der Waals surface area contributed by atoms with Gasteiger partial charge in [-0.25, -0.2) is 13.4 Å². The third-order valence-electron chi connectivity index (χ3n) is 2.90. The van der Waals surface area contributed by atoms with Crippen LogP contribution in [0.4, 0.5) is 0 Å². The molecular weight excluding hydrogens is 282 g/mol. The third-order valence-corrected chi connectivity index (χ3v) is 4.63. The lowest BCUT2D eigenvalue weighted by molar-refractivity contribution is 0.316. The molecule has 0 atom stereocenters. The summed E-state index contributed by atoms with van der Waals surface area (Å²) in [6, 6.07) is 0. The lowest BCUT2D eigenvalue weighted by atomic mass is 10.4. The molecule has 0 fully saturated rings. The Kier molecular flexibility index (Phi) is 5.52. The average Bonchev–Trinajstić information content (AvgIpc) is 2.78. The van der Waals surface area contributed by atoms with Gasteiger partial charge in [0, 0.05) is 32.8 Å². The van der Waals surface area contributed by atoms with E-state index in [0.29, 0.717) is 5.82 Å². The molecular formula is C11H21N5O3S. The number of hydrogen-bond acceptors (Lipinski definition) is 5. The molecule has 1 aromatic rings. The highest BCUT2D eigenvalue weighted by Gasteiger charge is 2.24. The van der Waals surface area contributed by atoms with Crippen LogP contribution in [-0.2, 0) is 16.6 Å². The van der Waals surface area contributed by atoms with Crippen molar-refractivity contribution >= 4 is 15.9 Å². The number of amidine groups is 1. The zero-order valence-electron chi connectivity index (χ0n) is 11.9. The maximum atomic E-state index is 12.3. The number of aromatic nitrogens is 2. The second-order valence-electron chi connectivity index (χ2n) is 4.49. The molecule has 0 radical (unpaired) electrons. The van der Waals surface area contributed by atoms with E-state index in [4.69, 9.17) is 10.9 Å². The van der Waals surface area contributed by atoms with Crippen molar-refractivity contribution in [2.75, 3.05) is 13.6 Å². The fourth-order valence-electron chi connectivity index (χ4n) is 1.67. The Balaban J connectivity index is 2.90. The molecule has 0 spiro atoms. The Morgan fingerprint density at radius 1 is 1.60 bits per heavy atom. The topological polar surface area (TPSA) is 114 Å². The third kappa shape index (κ3) is 3.70. The number of nitrogens with two attached hydrogens (primary N) is 1. The Morgan fingerprint density at radius 2 is 2.25 bits per heavy atom. The van der Waals surface area contributed by atoms with Crippen LogP contribution in [0.5, 0.6) is 0 Å². The van der Waals surface area contributed by atoms with Crippen LogP contribution >= 0.6 is 0 Å². The largest absolute Gasteiger partial charge is 0.409 e. The van der Waals surface area contributed by atoms with Crippen LogP contribution in [0.25, 0.3) is 0 Å². The van der Waals surface area contributed by atoms with E-state index in [1.807, 2.05) is 11.5 Å². The summed E-state index contributed by atoms with van der Waals surface area (Å²) in [5, 5.41) is 11.3. The molecule has 1 rings (SSSR count). The molecule has 0 aliphatic rings. The standard InChI is InChI=1S/C11H21N5O3S/c1-4-6-16-8-11(13-9(16)2)20(18,19)15(3)7-5-10(12)14-17/h8,17H,4-7H2,1-3H3,(H2,12,14).